The molecular formula is C9H13NO4. The van der Waals surface area contributed by atoms with E-state index in [0.717, 1.165) is 0 Å². The smallest absolute Gasteiger partial charge is 0.330 e. The summed E-state index contributed by atoms with van der Waals surface area (Å²) < 4.78 is 4.80. The number of ether oxygens (including phenoxy) is 1. The summed E-state index contributed by atoms with van der Waals surface area (Å²) in [7, 11) is 0. The Labute approximate surface area is 82.4 Å². The van der Waals surface area contributed by atoms with Crippen molar-refractivity contribution in [1.29, 1.82) is 0 Å². The van der Waals surface area contributed by atoms with Crippen LogP contribution in [0.3, 0.4) is 0 Å². The molecule has 0 N–H and O–H groups in total. The van der Waals surface area contributed by atoms with Gasteiger partial charge in [0.2, 0.25) is 0 Å². The minimum Gasteiger partial charge on any atom is -0.463 e. The Morgan fingerprint density at radius 2 is 2.14 bits per heavy atom. The van der Waals surface area contributed by atoms with Crippen LogP contribution in [0.4, 0.5) is 0 Å². The lowest BCUT2D eigenvalue weighted by molar-refractivity contribution is -0.137. The minimum atomic E-state index is -0.348. The van der Waals surface area contributed by atoms with Crippen LogP contribution in [0.2, 0.25) is 0 Å². The van der Waals surface area contributed by atoms with E-state index < -0.39 is 0 Å². The summed E-state index contributed by atoms with van der Waals surface area (Å²) in [6.45, 7) is 2.42. The van der Waals surface area contributed by atoms with Crippen molar-refractivity contribution < 1.29 is 19.2 Å². The quantitative estimate of drug-likeness (QED) is 0.154. The molecule has 0 saturated carbocycles. The molecule has 0 aliphatic rings. The predicted octanol–water partition coefficient (Wildman–Crippen LogP) is 1.15. The summed E-state index contributed by atoms with van der Waals surface area (Å²) in [5.41, 5.74) is 0. The third-order valence-corrected chi connectivity index (χ3v) is 1.28. The minimum absolute atomic E-state index is 0.330. The van der Waals surface area contributed by atoms with Crippen molar-refractivity contribution in [2.45, 2.75) is 19.8 Å². The van der Waals surface area contributed by atoms with Crippen molar-refractivity contribution in [3.8, 4) is 0 Å². The lowest BCUT2D eigenvalue weighted by Gasteiger charge is -2.00. The second-order valence-corrected chi connectivity index (χ2v) is 2.39. The van der Waals surface area contributed by atoms with Gasteiger partial charge < -0.3 is 9.57 Å². The van der Waals surface area contributed by atoms with Crippen molar-refractivity contribution in [2.75, 3.05) is 13.2 Å². The fourth-order valence-corrected chi connectivity index (χ4v) is 0.698. The zero-order valence-electron chi connectivity index (χ0n) is 8.06. The Kier molecular flexibility index (Phi) is 8.39. The molecule has 0 fully saturated rings. The number of carbonyl (C=O) groups excluding carboxylic acids is 2. The number of isocyanates is 1. The molecule has 0 aliphatic heterocycles. The van der Waals surface area contributed by atoms with Crippen LogP contribution in [0.1, 0.15) is 19.8 Å². The van der Waals surface area contributed by atoms with Crippen LogP contribution >= 0.6 is 0 Å². The largest absolute Gasteiger partial charge is 0.463 e. The molecule has 0 atom stereocenters. The highest BCUT2D eigenvalue weighted by atomic mass is 16.6. The van der Waals surface area contributed by atoms with Gasteiger partial charge in [-0.25, -0.2) is 9.59 Å². The molecule has 14 heavy (non-hydrogen) atoms. The van der Waals surface area contributed by atoms with E-state index in [1.54, 1.807) is 13.0 Å². The molecule has 78 valence electrons. The Hall–Kier alpha value is -1.61. The maximum atomic E-state index is 10.8. The topological polar surface area (TPSA) is 65.0 Å². The highest BCUT2D eigenvalue weighted by Gasteiger charge is 1.95. The molecule has 0 aromatic carbocycles. The van der Waals surface area contributed by atoms with Gasteiger partial charge in [-0.3, -0.25) is 0 Å². The molecule has 0 unspecified atom stereocenters. The first-order valence-electron chi connectivity index (χ1n) is 4.30. The Bertz CT molecular complexity index is 231. The van der Waals surface area contributed by atoms with Crippen LogP contribution in [0.25, 0.3) is 0 Å². The molecule has 0 aromatic heterocycles. The first-order chi connectivity index (χ1) is 6.81. The highest BCUT2D eigenvalue weighted by molar-refractivity contribution is 5.81. The van der Waals surface area contributed by atoms with Gasteiger partial charge >= 0.3 is 5.97 Å². The molecule has 0 heterocycles. The number of esters is 1. The Balaban J connectivity index is 3.21. The average molecular weight is 199 g/mol. The molecule has 0 spiro atoms. The van der Waals surface area contributed by atoms with E-state index >= 15 is 0 Å². The number of hydrogen-bond acceptors (Lipinski definition) is 5. The van der Waals surface area contributed by atoms with Gasteiger partial charge in [0.1, 0.15) is 6.61 Å². The Morgan fingerprint density at radius 1 is 1.43 bits per heavy atom. The molecule has 0 amide bonds. The second kappa shape index (κ2) is 9.48. The lowest BCUT2D eigenvalue weighted by Crippen LogP contribution is -2.03. The first-order valence-corrected chi connectivity index (χ1v) is 4.30. The Morgan fingerprint density at radius 3 is 2.79 bits per heavy atom. The first kappa shape index (κ1) is 12.4. The van der Waals surface area contributed by atoms with E-state index in [4.69, 9.17) is 4.74 Å². The number of allylic oxidation sites excluding steroid dienone is 1. The summed E-state index contributed by atoms with van der Waals surface area (Å²) in [5.74, 6) is -0.348. The zero-order chi connectivity index (χ0) is 10.6. The molecule has 0 rings (SSSR count). The van der Waals surface area contributed by atoms with Gasteiger partial charge in [0.25, 0.3) is 6.08 Å². The van der Waals surface area contributed by atoms with Crippen LogP contribution in [-0.2, 0) is 19.2 Å². The maximum absolute atomic E-state index is 10.8. The fraction of sp³-hybridized carbons (Fsp3) is 0.556. The maximum Gasteiger partial charge on any atom is 0.330 e. The van der Waals surface area contributed by atoms with Gasteiger partial charge in [-0.2, -0.15) is 0 Å². The molecule has 0 saturated heterocycles. The number of rotatable bonds is 7. The van der Waals surface area contributed by atoms with Crippen molar-refractivity contribution in [3.63, 3.8) is 0 Å². The standard InChI is InChI=1S/C9H13NO4/c1-2-5-9(12)13-6-3-4-7-14-10-8-11/h2,5H,3-4,6-7H2,1H3. The van der Waals surface area contributed by atoms with Crippen molar-refractivity contribution >= 4 is 12.0 Å². The number of nitrogens with zero attached hydrogens (tertiary/aromatic N) is 1. The van der Waals surface area contributed by atoms with Crippen LogP contribution in [0, 0.1) is 0 Å². The summed E-state index contributed by atoms with van der Waals surface area (Å²) in [6.07, 6.45) is 5.57. The van der Waals surface area contributed by atoms with E-state index in [9.17, 15) is 9.59 Å². The van der Waals surface area contributed by atoms with Crippen LogP contribution in [0.15, 0.2) is 17.3 Å². The van der Waals surface area contributed by atoms with E-state index in [0.29, 0.717) is 26.1 Å². The summed E-state index contributed by atoms with van der Waals surface area (Å²) in [6, 6.07) is 0. The van der Waals surface area contributed by atoms with E-state index in [-0.39, 0.29) is 5.97 Å². The van der Waals surface area contributed by atoms with E-state index in [1.807, 2.05) is 0 Å². The van der Waals surface area contributed by atoms with Gasteiger partial charge in [0, 0.05) is 11.2 Å². The van der Waals surface area contributed by atoms with Gasteiger partial charge in [0.05, 0.1) is 6.61 Å². The SMILES string of the molecule is CC=CC(=O)OCCCCON=C=O. The summed E-state index contributed by atoms with van der Waals surface area (Å²) in [4.78, 5) is 24.8. The predicted molar refractivity (Wildman–Crippen MR) is 49.1 cm³/mol. The van der Waals surface area contributed by atoms with Crippen molar-refractivity contribution in [3.05, 3.63) is 12.2 Å². The average Bonchev–Trinajstić information content (AvgIpc) is 2.17. The third kappa shape index (κ3) is 8.49. The fourth-order valence-electron chi connectivity index (χ4n) is 0.698. The summed E-state index contributed by atoms with van der Waals surface area (Å²) >= 11 is 0. The van der Waals surface area contributed by atoms with E-state index in [2.05, 4.69) is 9.99 Å². The van der Waals surface area contributed by atoms with Gasteiger partial charge in [-0.05, 0) is 19.8 Å². The molecule has 0 radical (unpaired) electrons. The van der Waals surface area contributed by atoms with Crippen molar-refractivity contribution in [1.82, 2.24) is 0 Å². The normalized spacial score (nSPS) is 9.50. The molecule has 0 aromatic rings. The molecule has 0 bridgehead atoms. The third-order valence-electron chi connectivity index (χ3n) is 1.28. The molecule has 0 aliphatic carbocycles. The summed E-state index contributed by atoms with van der Waals surface area (Å²) in [5, 5.41) is 2.91. The lowest BCUT2D eigenvalue weighted by atomic mass is 10.3. The highest BCUT2D eigenvalue weighted by Crippen LogP contribution is 1.92. The zero-order valence-corrected chi connectivity index (χ0v) is 8.06. The van der Waals surface area contributed by atoms with Gasteiger partial charge in [-0.15, -0.1) is 0 Å². The van der Waals surface area contributed by atoms with Gasteiger partial charge in [-0.1, -0.05) is 6.08 Å². The van der Waals surface area contributed by atoms with Gasteiger partial charge in [0.15, 0.2) is 0 Å². The molecular weight excluding hydrogens is 186 g/mol. The second-order valence-electron chi connectivity index (χ2n) is 2.39. The van der Waals surface area contributed by atoms with Crippen LogP contribution in [0.5, 0.6) is 0 Å². The number of unbranched alkanes of at least 4 members (excludes halogenated alkanes) is 1. The van der Waals surface area contributed by atoms with Crippen LogP contribution in [-0.4, -0.2) is 25.3 Å². The molecule has 5 nitrogen and oxygen atoms in total. The van der Waals surface area contributed by atoms with Crippen LogP contribution < -0.4 is 0 Å². The molecule has 5 heteroatoms. The number of carbonyl (C=O) groups is 1. The number of hydrogen-bond donors (Lipinski definition) is 0. The monoisotopic (exact) mass is 199 g/mol. The van der Waals surface area contributed by atoms with Crippen molar-refractivity contribution in [2.24, 2.45) is 5.16 Å². The van der Waals surface area contributed by atoms with E-state index in [1.165, 1.54) is 12.2 Å².